The van der Waals surface area contributed by atoms with E-state index in [-0.39, 0.29) is 22.7 Å². The average Bonchev–Trinajstić information content (AvgIpc) is 3.39. The lowest BCUT2D eigenvalue weighted by Gasteiger charge is -2.35. The van der Waals surface area contributed by atoms with Gasteiger partial charge in [-0.1, -0.05) is 36.4 Å². The monoisotopic (exact) mass is 632 g/mol. The van der Waals surface area contributed by atoms with E-state index in [1.54, 1.807) is 48.5 Å². The summed E-state index contributed by atoms with van der Waals surface area (Å²) in [5.41, 5.74) is 9.20. The van der Waals surface area contributed by atoms with Crippen molar-refractivity contribution in [3.8, 4) is 17.5 Å². The number of oxazole rings is 1. The number of carbonyl (C=O) groups excluding carboxylic acids is 2. The van der Waals surface area contributed by atoms with Gasteiger partial charge in [0.25, 0.3) is 0 Å². The number of nitrogens with two attached hydrogens (primary N) is 1. The molecule has 0 spiro atoms. The van der Waals surface area contributed by atoms with E-state index in [4.69, 9.17) is 19.6 Å². The standard InChI is InChI=1S/C29H21IN4O5/c1-37-28(35)24-23(16-7-4-3-5-8-16)20(15-31)26(32)34(25(24)29(36)38-2)19-11-12-22-21(14-19)33-27(39-22)17-9-6-10-18(30)13-17/h3-14,23H,32H2,1-2H3. The van der Waals surface area contributed by atoms with E-state index in [1.165, 1.54) is 19.1 Å². The zero-order chi connectivity index (χ0) is 27.7. The second-order valence-corrected chi connectivity index (χ2v) is 9.76. The molecule has 4 aromatic rings. The predicted molar refractivity (Wildman–Crippen MR) is 152 cm³/mol. The van der Waals surface area contributed by atoms with Gasteiger partial charge in [-0.15, -0.1) is 0 Å². The van der Waals surface area contributed by atoms with Crippen molar-refractivity contribution in [2.45, 2.75) is 5.92 Å². The Bertz CT molecular complexity index is 1720. The van der Waals surface area contributed by atoms with Crippen molar-refractivity contribution in [2.75, 3.05) is 19.1 Å². The summed E-state index contributed by atoms with van der Waals surface area (Å²) in [6, 6.07) is 23.7. The third-order valence-corrected chi connectivity index (χ3v) is 6.98. The number of benzene rings is 3. The van der Waals surface area contributed by atoms with Crippen molar-refractivity contribution in [1.29, 1.82) is 5.26 Å². The van der Waals surface area contributed by atoms with Crippen LogP contribution in [0.1, 0.15) is 11.5 Å². The summed E-state index contributed by atoms with van der Waals surface area (Å²) in [6.07, 6.45) is 0. The number of halogens is 1. The van der Waals surface area contributed by atoms with Crippen LogP contribution in [0.2, 0.25) is 0 Å². The molecule has 1 aromatic heterocycles. The number of fused-ring (bicyclic) bond motifs is 1. The second-order valence-electron chi connectivity index (χ2n) is 8.52. The summed E-state index contributed by atoms with van der Waals surface area (Å²) in [5, 5.41) is 10.2. The van der Waals surface area contributed by atoms with Crippen LogP contribution in [0.3, 0.4) is 0 Å². The Hall–Kier alpha value is -4.63. The number of aromatic nitrogens is 1. The van der Waals surface area contributed by atoms with E-state index in [9.17, 15) is 14.9 Å². The third-order valence-electron chi connectivity index (χ3n) is 6.31. The zero-order valence-electron chi connectivity index (χ0n) is 20.8. The van der Waals surface area contributed by atoms with E-state index >= 15 is 0 Å². The Balaban J connectivity index is 1.74. The maximum Gasteiger partial charge on any atom is 0.355 e. The molecule has 9 nitrogen and oxygen atoms in total. The second kappa shape index (κ2) is 10.6. The molecule has 39 heavy (non-hydrogen) atoms. The highest BCUT2D eigenvalue weighted by atomic mass is 127. The third kappa shape index (κ3) is 4.61. The van der Waals surface area contributed by atoms with Gasteiger partial charge in [-0.05, 0) is 64.6 Å². The number of esters is 2. The summed E-state index contributed by atoms with van der Waals surface area (Å²) < 4.78 is 17.2. The highest BCUT2D eigenvalue weighted by molar-refractivity contribution is 14.1. The Morgan fingerprint density at radius 3 is 2.44 bits per heavy atom. The van der Waals surface area contributed by atoms with Gasteiger partial charge in [-0.2, -0.15) is 5.26 Å². The molecular weight excluding hydrogens is 611 g/mol. The first-order valence-corrected chi connectivity index (χ1v) is 12.8. The van der Waals surface area contributed by atoms with Gasteiger partial charge in [-0.3, -0.25) is 4.90 Å². The fourth-order valence-corrected chi connectivity index (χ4v) is 5.12. The lowest BCUT2D eigenvalue weighted by molar-refractivity contribution is -0.139. The summed E-state index contributed by atoms with van der Waals surface area (Å²) in [7, 11) is 2.41. The quantitative estimate of drug-likeness (QED) is 0.239. The van der Waals surface area contributed by atoms with Gasteiger partial charge in [0.1, 0.15) is 17.0 Å². The number of methoxy groups -OCH3 is 2. The van der Waals surface area contributed by atoms with Gasteiger partial charge in [0.2, 0.25) is 5.89 Å². The molecule has 1 aliphatic heterocycles. The van der Waals surface area contributed by atoms with Gasteiger partial charge >= 0.3 is 11.9 Å². The minimum absolute atomic E-state index is 0.0277. The predicted octanol–water partition coefficient (Wildman–Crippen LogP) is 5.00. The van der Waals surface area contributed by atoms with E-state index in [0.29, 0.717) is 28.2 Å². The molecule has 5 rings (SSSR count). The molecule has 3 aromatic carbocycles. The normalized spacial score (nSPS) is 15.3. The van der Waals surface area contributed by atoms with E-state index in [2.05, 4.69) is 33.6 Å². The number of ether oxygens (including phenoxy) is 2. The minimum Gasteiger partial charge on any atom is -0.466 e. The van der Waals surface area contributed by atoms with Crippen LogP contribution < -0.4 is 10.6 Å². The summed E-state index contributed by atoms with van der Waals surface area (Å²) in [4.78, 5) is 32.4. The maximum atomic E-state index is 13.3. The van der Waals surface area contributed by atoms with Crippen molar-refractivity contribution in [3.63, 3.8) is 0 Å². The number of anilines is 1. The average molecular weight is 632 g/mol. The molecule has 1 aliphatic rings. The smallest absolute Gasteiger partial charge is 0.355 e. The van der Waals surface area contributed by atoms with Gasteiger partial charge in [0.05, 0.1) is 43.0 Å². The largest absolute Gasteiger partial charge is 0.466 e. The fourth-order valence-electron chi connectivity index (χ4n) is 4.58. The zero-order valence-corrected chi connectivity index (χ0v) is 23.0. The van der Waals surface area contributed by atoms with Crippen LogP contribution in [0.4, 0.5) is 5.69 Å². The van der Waals surface area contributed by atoms with E-state index in [1.807, 2.05) is 24.3 Å². The number of hydrogen-bond donors (Lipinski definition) is 1. The van der Waals surface area contributed by atoms with Crippen LogP contribution in [-0.2, 0) is 19.1 Å². The molecule has 1 unspecified atom stereocenters. The number of allylic oxidation sites excluding steroid dienone is 1. The first-order valence-electron chi connectivity index (χ1n) is 11.7. The molecule has 10 heteroatoms. The summed E-state index contributed by atoms with van der Waals surface area (Å²) in [6.45, 7) is 0. The Morgan fingerprint density at radius 2 is 1.77 bits per heavy atom. The van der Waals surface area contributed by atoms with Crippen molar-refractivity contribution in [3.05, 3.63) is 105 Å². The van der Waals surface area contributed by atoms with Crippen LogP contribution in [0.25, 0.3) is 22.6 Å². The van der Waals surface area contributed by atoms with Crippen LogP contribution in [-0.4, -0.2) is 31.1 Å². The number of nitrogens with zero attached hydrogens (tertiary/aromatic N) is 3. The molecule has 0 radical (unpaired) electrons. The molecule has 0 amide bonds. The highest BCUT2D eigenvalue weighted by Gasteiger charge is 2.43. The number of hydrogen-bond acceptors (Lipinski definition) is 9. The van der Waals surface area contributed by atoms with E-state index in [0.717, 1.165) is 9.13 Å². The van der Waals surface area contributed by atoms with Crippen LogP contribution in [0.5, 0.6) is 0 Å². The van der Waals surface area contributed by atoms with Crippen molar-refractivity contribution >= 4 is 51.3 Å². The van der Waals surface area contributed by atoms with Gasteiger partial charge in [-0.25, -0.2) is 14.6 Å². The fraction of sp³-hybridized carbons (Fsp3) is 0.103. The van der Waals surface area contributed by atoms with Gasteiger partial charge in [0, 0.05) is 9.13 Å². The van der Waals surface area contributed by atoms with Gasteiger partial charge < -0.3 is 19.6 Å². The molecule has 0 fully saturated rings. The minimum atomic E-state index is -0.947. The molecule has 0 saturated heterocycles. The van der Waals surface area contributed by atoms with Gasteiger partial charge in [0.15, 0.2) is 5.58 Å². The highest BCUT2D eigenvalue weighted by Crippen LogP contribution is 2.43. The lowest BCUT2D eigenvalue weighted by atomic mass is 9.81. The molecule has 0 bridgehead atoms. The molecule has 2 N–H and O–H groups in total. The number of rotatable bonds is 5. The van der Waals surface area contributed by atoms with Crippen LogP contribution in [0, 0.1) is 14.9 Å². The van der Waals surface area contributed by atoms with Crippen LogP contribution >= 0.6 is 22.6 Å². The Morgan fingerprint density at radius 1 is 1.03 bits per heavy atom. The molecular formula is C29H21IN4O5. The molecule has 1 atom stereocenters. The lowest BCUT2D eigenvalue weighted by Crippen LogP contribution is -2.40. The topological polar surface area (TPSA) is 132 Å². The molecule has 0 aliphatic carbocycles. The van der Waals surface area contributed by atoms with E-state index < -0.39 is 17.9 Å². The molecule has 0 saturated carbocycles. The number of nitriles is 1. The van der Waals surface area contributed by atoms with Crippen LogP contribution in [0.15, 0.2) is 99.9 Å². The van der Waals surface area contributed by atoms with Crippen molar-refractivity contribution < 1.29 is 23.5 Å². The maximum absolute atomic E-state index is 13.3. The molecule has 2 heterocycles. The number of carbonyl (C=O) groups is 2. The van der Waals surface area contributed by atoms with Crippen molar-refractivity contribution in [1.82, 2.24) is 4.98 Å². The SMILES string of the molecule is COC(=O)C1=C(C(=O)OC)N(c2ccc3oc(-c4cccc(I)c4)nc3c2)C(N)=C(C#N)C1c1ccccc1. The first-order chi connectivity index (χ1) is 18.9. The first kappa shape index (κ1) is 26.0. The Labute approximate surface area is 237 Å². The molecule has 194 valence electrons. The Kier molecular flexibility index (Phi) is 7.08. The van der Waals surface area contributed by atoms with Crippen molar-refractivity contribution in [2.24, 2.45) is 5.73 Å². The summed E-state index contributed by atoms with van der Waals surface area (Å²) in [5.74, 6) is -2.17. The summed E-state index contributed by atoms with van der Waals surface area (Å²) >= 11 is 2.21.